The van der Waals surface area contributed by atoms with E-state index >= 15 is 0 Å². The fraction of sp³-hybridized carbons (Fsp3) is 0.529. The molecular formula is C17H23N. The van der Waals surface area contributed by atoms with Crippen LogP contribution >= 0.6 is 0 Å². The fourth-order valence-corrected chi connectivity index (χ4v) is 3.32. The summed E-state index contributed by atoms with van der Waals surface area (Å²) in [5.41, 5.74) is 3.13. The Morgan fingerprint density at radius 3 is 2.83 bits per heavy atom. The Hall–Kier alpha value is -1.08. The minimum atomic E-state index is 0.584. The Morgan fingerprint density at radius 1 is 1.00 bits per heavy atom. The Balaban J connectivity index is 1.76. The average Bonchev–Trinajstić information content (AvgIpc) is 2.63. The zero-order chi connectivity index (χ0) is 12.2. The molecule has 0 radical (unpaired) electrons. The van der Waals surface area contributed by atoms with E-state index in [-0.39, 0.29) is 0 Å². The lowest BCUT2D eigenvalue weighted by Gasteiger charge is -2.27. The van der Waals surface area contributed by atoms with Crippen LogP contribution in [0, 0.1) is 0 Å². The van der Waals surface area contributed by atoms with Crippen LogP contribution < -0.4 is 5.32 Å². The van der Waals surface area contributed by atoms with Crippen LogP contribution in [0.25, 0.3) is 0 Å². The van der Waals surface area contributed by atoms with Crippen molar-refractivity contribution in [3.63, 3.8) is 0 Å². The Morgan fingerprint density at radius 2 is 1.94 bits per heavy atom. The quantitative estimate of drug-likeness (QED) is 0.606. The van der Waals surface area contributed by atoms with Gasteiger partial charge < -0.3 is 5.32 Å². The van der Waals surface area contributed by atoms with E-state index in [9.17, 15) is 0 Å². The molecule has 0 amide bonds. The molecule has 96 valence electrons. The highest BCUT2D eigenvalue weighted by Gasteiger charge is 2.21. The molecule has 1 nitrogen and oxygen atoms in total. The van der Waals surface area contributed by atoms with Crippen molar-refractivity contribution in [2.45, 2.75) is 57.0 Å². The topological polar surface area (TPSA) is 12.0 Å². The minimum absolute atomic E-state index is 0.584. The summed E-state index contributed by atoms with van der Waals surface area (Å²) in [7, 11) is 0. The van der Waals surface area contributed by atoms with Crippen LogP contribution in [0.2, 0.25) is 0 Å². The summed E-state index contributed by atoms with van der Waals surface area (Å²) in [5, 5.41) is 3.90. The molecule has 18 heavy (non-hydrogen) atoms. The second-order valence-electron chi connectivity index (χ2n) is 5.65. The maximum absolute atomic E-state index is 3.90. The number of hydrogen-bond acceptors (Lipinski definition) is 1. The van der Waals surface area contributed by atoms with Gasteiger partial charge in [-0.2, -0.15) is 0 Å². The standard InChI is InChI=1S/C17H23N/c1-2-10-15(11-3-1)18-17-13-7-5-9-14-8-4-6-12-16(14)17/h1-2,4,6,8,12,15,17-18H,3,5,7,9-11,13H2. The van der Waals surface area contributed by atoms with Crippen LogP contribution in [0.3, 0.4) is 0 Å². The summed E-state index contributed by atoms with van der Waals surface area (Å²) in [6.07, 6.45) is 13.7. The molecule has 0 aliphatic heterocycles. The van der Waals surface area contributed by atoms with Gasteiger partial charge in [0.2, 0.25) is 0 Å². The largest absolute Gasteiger partial charge is 0.307 e. The van der Waals surface area contributed by atoms with Gasteiger partial charge in [-0.05, 0) is 49.7 Å². The van der Waals surface area contributed by atoms with Gasteiger partial charge in [0.15, 0.2) is 0 Å². The predicted octanol–water partition coefficient (Wildman–Crippen LogP) is 4.15. The van der Waals surface area contributed by atoms with E-state index in [2.05, 4.69) is 41.7 Å². The molecule has 1 aromatic rings. The molecule has 2 aliphatic rings. The predicted molar refractivity (Wildman–Crippen MR) is 76.7 cm³/mol. The molecule has 2 unspecified atom stereocenters. The summed E-state index contributed by atoms with van der Waals surface area (Å²) in [6.45, 7) is 0. The summed E-state index contributed by atoms with van der Waals surface area (Å²) in [5.74, 6) is 0. The molecule has 0 fully saturated rings. The molecule has 1 aromatic carbocycles. The van der Waals surface area contributed by atoms with Crippen LogP contribution in [0.5, 0.6) is 0 Å². The lowest BCUT2D eigenvalue weighted by Crippen LogP contribution is -2.33. The number of allylic oxidation sites excluding steroid dienone is 1. The van der Waals surface area contributed by atoms with Crippen molar-refractivity contribution in [2.75, 3.05) is 0 Å². The van der Waals surface area contributed by atoms with E-state index in [1.165, 1.54) is 44.9 Å². The minimum Gasteiger partial charge on any atom is -0.307 e. The number of benzene rings is 1. The van der Waals surface area contributed by atoms with E-state index in [0.29, 0.717) is 12.1 Å². The molecule has 0 saturated carbocycles. The second kappa shape index (κ2) is 5.71. The molecule has 3 rings (SSSR count). The molecule has 2 atom stereocenters. The van der Waals surface area contributed by atoms with E-state index in [0.717, 1.165) is 0 Å². The molecule has 1 heteroatoms. The van der Waals surface area contributed by atoms with E-state index in [1.54, 1.807) is 11.1 Å². The van der Waals surface area contributed by atoms with Crippen LogP contribution in [-0.4, -0.2) is 6.04 Å². The maximum atomic E-state index is 3.90. The van der Waals surface area contributed by atoms with Crippen molar-refractivity contribution < 1.29 is 0 Å². The number of aryl methyl sites for hydroxylation is 1. The molecule has 1 N–H and O–H groups in total. The number of nitrogens with one attached hydrogen (secondary N) is 1. The van der Waals surface area contributed by atoms with Crippen molar-refractivity contribution in [1.82, 2.24) is 5.32 Å². The summed E-state index contributed by atoms with van der Waals surface area (Å²) >= 11 is 0. The summed E-state index contributed by atoms with van der Waals surface area (Å²) in [4.78, 5) is 0. The van der Waals surface area contributed by atoms with Crippen LogP contribution in [0.1, 0.15) is 55.7 Å². The van der Waals surface area contributed by atoms with Gasteiger partial charge in [-0.25, -0.2) is 0 Å². The Labute approximate surface area is 110 Å². The van der Waals surface area contributed by atoms with Gasteiger partial charge in [0.1, 0.15) is 0 Å². The molecule has 0 spiro atoms. The van der Waals surface area contributed by atoms with Crippen molar-refractivity contribution >= 4 is 0 Å². The number of hydrogen-bond donors (Lipinski definition) is 1. The smallest absolute Gasteiger partial charge is 0.0325 e. The third-order valence-electron chi connectivity index (χ3n) is 4.33. The van der Waals surface area contributed by atoms with Crippen molar-refractivity contribution in [3.8, 4) is 0 Å². The van der Waals surface area contributed by atoms with Gasteiger partial charge in [0.25, 0.3) is 0 Å². The average molecular weight is 241 g/mol. The lowest BCUT2D eigenvalue weighted by atomic mass is 9.95. The van der Waals surface area contributed by atoms with Gasteiger partial charge in [-0.1, -0.05) is 42.8 Å². The van der Waals surface area contributed by atoms with Crippen LogP contribution in [-0.2, 0) is 6.42 Å². The first kappa shape index (κ1) is 12.0. The van der Waals surface area contributed by atoms with E-state index < -0.39 is 0 Å². The van der Waals surface area contributed by atoms with E-state index in [1.807, 2.05) is 0 Å². The molecule has 0 bridgehead atoms. The first-order valence-electron chi connectivity index (χ1n) is 7.42. The first-order chi connectivity index (χ1) is 8.93. The summed E-state index contributed by atoms with van der Waals surface area (Å²) < 4.78 is 0. The van der Waals surface area contributed by atoms with Crippen LogP contribution in [0.15, 0.2) is 36.4 Å². The molecular weight excluding hydrogens is 218 g/mol. The van der Waals surface area contributed by atoms with Gasteiger partial charge >= 0.3 is 0 Å². The monoisotopic (exact) mass is 241 g/mol. The first-order valence-corrected chi connectivity index (χ1v) is 7.42. The zero-order valence-electron chi connectivity index (χ0n) is 11.1. The Kier molecular flexibility index (Phi) is 3.80. The number of rotatable bonds is 2. The SMILES string of the molecule is C1=CCC(NC2CCCCc3ccccc32)CC1. The summed E-state index contributed by atoms with van der Waals surface area (Å²) in [6, 6.07) is 10.3. The zero-order valence-corrected chi connectivity index (χ0v) is 11.1. The third kappa shape index (κ3) is 2.67. The lowest BCUT2D eigenvalue weighted by molar-refractivity contribution is 0.390. The number of fused-ring (bicyclic) bond motifs is 1. The van der Waals surface area contributed by atoms with Crippen molar-refractivity contribution in [3.05, 3.63) is 47.5 Å². The highest BCUT2D eigenvalue weighted by molar-refractivity contribution is 5.31. The maximum Gasteiger partial charge on any atom is 0.0325 e. The molecule has 2 aliphatic carbocycles. The highest BCUT2D eigenvalue weighted by atomic mass is 14.9. The fourth-order valence-electron chi connectivity index (χ4n) is 3.32. The second-order valence-corrected chi connectivity index (χ2v) is 5.65. The normalized spacial score (nSPS) is 27.6. The van der Waals surface area contributed by atoms with Crippen LogP contribution in [0.4, 0.5) is 0 Å². The van der Waals surface area contributed by atoms with Gasteiger partial charge in [0, 0.05) is 12.1 Å². The van der Waals surface area contributed by atoms with Crippen molar-refractivity contribution in [1.29, 1.82) is 0 Å². The van der Waals surface area contributed by atoms with E-state index in [4.69, 9.17) is 0 Å². The molecule has 0 heterocycles. The van der Waals surface area contributed by atoms with Gasteiger partial charge in [-0.15, -0.1) is 0 Å². The highest BCUT2D eigenvalue weighted by Crippen LogP contribution is 2.29. The van der Waals surface area contributed by atoms with Crippen molar-refractivity contribution in [2.24, 2.45) is 0 Å². The van der Waals surface area contributed by atoms with Gasteiger partial charge in [-0.3, -0.25) is 0 Å². The third-order valence-corrected chi connectivity index (χ3v) is 4.33. The molecule has 0 saturated heterocycles. The van der Waals surface area contributed by atoms with Gasteiger partial charge in [0.05, 0.1) is 0 Å². The molecule has 0 aromatic heterocycles. The Bertz CT molecular complexity index is 421.